The van der Waals surface area contributed by atoms with Gasteiger partial charge in [-0.3, -0.25) is 0 Å². The fraction of sp³-hybridized carbons (Fsp3) is 0.267. The summed E-state index contributed by atoms with van der Waals surface area (Å²) in [5.41, 5.74) is 2.65. The maximum absolute atomic E-state index is 4.38. The summed E-state index contributed by atoms with van der Waals surface area (Å²) in [6.45, 7) is 8.28. The molecule has 0 saturated carbocycles. The van der Waals surface area contributed by atoms with Crippen molar-refractivity contribution in [1.29, 1.82) is 0 Å². The van der Waals surface area contributed by atoms with Gasteiger partial charge in [-0.1, -0.05) is 30.3 Å². The van der Waals surface area contributed by atoms with Crippen LogP contribution in [0, 0.1) is 6.92 Å². The predicted octanol–water partition coefficient (Wildman–Crippen LogP) is 2.52. The molecule has 0 fully saturated rings. The lowest BCUT2D eigenvalue weighted by Gasteiger charge is -2.10. The normalized spacial score (nSPS) is 10.5. The van der Waals surface area contributed by atoms with Gasteiger partial charge in [-0.05, 0) is 18.1 Å². The molecule has 18 heavy (non-hydrogen) atoms. The van der Waals surface area contributed by atoms with Crippen LogP contribution in [0.4, 0.5) is 0 Å². The Hall–Kier alpha value is -1.87. The van der Waals surface area contributed by atoms with Gasteiger partial charge in [0.05, 0.1) is 6.54 Å². The summed E-state index contributed by atoms with van der Waals surface area (Å²) in [4.78, 5) is 4.38. The second-order valence-electron chi connectivity index (χ2n) is 4.32. The van der Waals surface area contributed by atoms with Crippen molar-refractivity contribution in [2.45, 2.75) is 20.0 Å². The third kappa shape index (κ3) is 3.08. The van der Waals surface area contributed by atoms with Crippen molar-refractivity contribution in [3.05, 3.63) is 66.3 Å². The Morgan fingerprint density at radius 2 is 2.22 bits per heavy atom. The smallest absolute Gasteiger partial charge is 0.122 e. The fourth-order valence-corrected chi connectivity index (χ4v) is 1.91. The number of hydrogen-bond acceptors (Lipinski definition) is 2. The second kappa shape index (κ2) is 6.17. The van der Waals surface area contributed by atoms with Crippen LogP contribution in [0.5, 0.6) is 0 Å². The van der Waals surface area contributed by atoms with Gasteiger partial charge in [-0.2, -0.15) is 0 Å². The molecule has 1 aromatic carbocycles. The lowest BCUT2D eigenvalue weighted by molar-refractivity contribution is 0.652. The van der Waals surface area contributed by atoms with Crippen LogP contribution in [0.25, 0.3) is 0 Å². The molecule has 0 amide bonds. The minimum Gasteiger partial charge on any atom is -0.329 e. The quantitative estimate of drug-likeness (QED) is 0.622. The maximum Gasteiger partial charge on any atom is 0.122 e. The molecular formula is C15H19N3. The van der Waals surface area contributed by atoms with E-state index in [1.54, 1.807) is 0 Å². The van der Waals surface area contributed by atoms with Crippen LogP contribution in [0.2, 0.25) is 0 Å². The van der Waals surface area contributed by atoms with Gasteiger partial charge in [0.2, 0.25) is 0 Å². The zero-order valence-electron chi connectivity index (χ0n) is 10.8. The predicted molar refractivity (Wildman–Crippen MR) is 74.4 cm³/mol. The van der Waals surface area contributed by atoms with E-state index >= 15 is 0 Å². The molecule has 0 aliphatic carbocycles. The zero-order chi connectivity index (χ0) is 12.8. The van der Waals surface area contributed by atoms with Crippen LogP contribution >= 0.6 is 0 Å². The Bertz CT molecular complexity index is 514. The number of aryl methyl sites for hydroxylation is 1. The third-order valence-corrected chi connectivity index (χ3v) is 2.98. The summed E-state index contributed by atoms with van der Waals surface area (Å²) >= 11 is 0. The first-order valence-electron chi connectivity index (χ1n) is 6.17. The van der Waals surface area contributed by atoms with E-state index in [2.05, 4.69) is 52.6 Å². The van der Waals surface area contributed by atoms with Crippen LogP contribution in [0.1, 0.15) is 17.0 Å². The largest absolute Gasteiger partial charge is 0.329 e. The van der Waals surface area contributed by atoms with Crippen LogP contribution in [0.3, 0.4) is 0 Å². The van der Waals surface area contributed by atoms with Crippen molar-refractivity contribution >= 4 is 0 Å². The van der Waals surface area contributed by atoms with E-state index in [-0.39, 0.29) is 0 Å². The van der Waals surface area contributed by atoms with Gasteiger partial charge in [-0.25, -0.2) is 4.98 Å². The van der Waals surface area contributed by atoms with Crippen LogP contribution in [-0.2, 0) is 13.1 Å². The molecule has 3 nitrogen and oxygen atoms in total. The number of nitrogens with one attached hydrogen (secondary N) is 1. The second-order valence-corrected chi connectivity index (χ2v) is 4.32. The molecule has 0 atom stereocenters. The third-order valence-electron chi connectivity index (χ3n) is 2.98. The molecular weight excluding hydrogens is 222 g/mol. The lowest BCUT2D eigenvalue weighted by atomic mass is 10.1. The lowest BCUT2D eigenvalue weighted by Crippen LogP contribution is -2.17. The van der Waals surface area contributed by atoms with Crippen LogP contribution < -0.4 is 5.32 Å². The Balaban J connectivity index is 2.08. The van der Waals surface area contributed by atoms with Crippen LogP contribution in [0.15, 0.2) is 49.3 Å². The van der Waals surface area contributed by atoms with E-state index in [4.69, 9.17) is 0 Å². The molecule has 2 rings (SSSR count). The SMILES string of the molecule is C=CCNCc1nccn1Cc1ccccc1C. The van der Waals surface area contributed by atoms with E-state index in [0.717, 1.165) is 25.5 Å². The number of nitrogens with zero attached hydrogens (tertiary/aromatic N) is 2. The van der Waals surface area contributed by atoms with Gasteiger partial charge in [0, 0.05) is 25.5 Å². The summed E-state index contributed by atoms with van der Waals surface area (Å²) in [6, 6.07) is 8.45. The van der Waals surface area contributed by atoms with Gasteiger partial charge < -0.3 is 9.88 Å². The van der Waals surface area contributed by atoms with E-state index in [1.165, 1.54) is 11.1 Å². The van der Waals surface area contributed by atoms with Crippen molar-refractivity contribution < 1.29 is 0 Å². The number of aromatic nitrogens is 2. The van der Waals surface area contributed by atoms with Gasteiger partial charge in [0.25, 0.3) is 0 Å². The number of hydrogen-bond donors (Lipinski definition) is 1. The summed E-state index contributed by atoms with van der Waals surface area (Å²) < 4.78 is 2.18. The summed E-state index contributed by atoms with van der Waals surface area (Å²) in [5, 5.41) is 3.28. The van der Waals surface area contributed by atoms with E-state index in [0.29, 0.717) is 0 Å². The van der Waals surface area contributed by atoms with Crippen molar-refractivity contribution in [2.24, 2.45) is 0 Å². The molecule has 1 aromatic heterocycles. The molecule has 0 radical (unpaired) electrons. The molecule has 1 N–H and O–H groups in total. The Morgan fingerprint density at radius 1 is 1.39 bits per heavy atom. The first-order valence-corrected chi connectivity index (χ1v) is 6.17. The molecule has 0 aliphatic heterocycles. The first-order chi connectivity index (χ1) is 8.81. The molecule has 0 spiro atoms. The van der Waals surface area contributed by atoms with Gasteiger partial charge in [0.15, 0.2) is 0 Å². The number of rotatable bonds is 6. The molecule has 3 heteroatoms. The first kappa shape index (κ1) is 12.6. The van der Waals surface area contributed by atoms with E-state index in [1.807, 2.05) is 18.5 Å². The molecule has 2 aromatic rings. The summed E-state index contributed by atoms with van der Waals surface area (Å²) in [7, 11) is 0. The standard InChI is InChI=1S/C15H19N3/c1-3-8-16-11-15-17-9-10-18(15)12-14-7-5-4-6-13(14)2/h3-7,9-10,16H,1,8,11-12H2,2H3. The molecule has 94 valence electrons. The Morgan fingerprint density at radius 3 is 3.00 bits per heavy atom. The summed E-state index contributed by atoms with van der Waals surface area (Å²) in [6.07, 6.45) is 5.73. The average Bonchev–Trinajstić information content (AvgIpc) is 2.80. The minimum atomic E-state index is 0.769. The van der Waals surface area contributed by atoms with Gasteiger partial charge in [-0.15, -0.1) is 6.58 Å². The van der Waals surface area contributed by atoms with Crippen molar-refractivity contribution in [3.63, 3.8) is 0 Å². The minimum absolute atomic E-state index is 0.769. The van der Waals surface area contributed by atoms with Crippen LogP contribution in [-0.4, -0.2) is 16.1 Å². The highest BCUT2D eigenvalue weighted by atomic mass is 15.1. The maximum atomic E-state index is 4.38. The van der Waals surface area contributed by atoms with Gasteiger partial charge >= 0.3 is 0 Å². The van der Waals surface area contributed by atoms with Gasteiger partial charge in [0.1, 0.15) is 5.82 Å². The molecule has 0 bridgehead atoms. The Labute approximate surface area is 108 Å². The molecule has 0 aliphatic rings. The van der Waals surface area contributed by atoms with Crippen molar-refractivity contribution in [1.82, 2.24) is 14.9 Å². The molecule has 0 unspecified atom stereocenters. The highest BCUT2D eigenvalue weighted by Gasteiger charge is 2.04. The topological polar surface area (TPSA) is 29.9 Å². The monoisotopic (exact) mass is 241 g/mol. The number of benzene rings is 1. The molecule has 1 heterocycles. The molecule has 0 saturated heterocycles. The average molecular weight is 241 g/mol. The zero-order valence-corrected chi connectivity index (χ0v) is 10.8. The van der Waals surface area contributed by atoms with Crippen molar-refractivity contribution in [3.8, 4) is 0 Å². The van der Waals surface area contributed by atoms with Crippen molar-refractivity contribution in [2.75, 3.05) is 6.54 Å². The summed E-state index contributed by atoms with van der Waals surface area (Å²) in [5.74, 6) is 1.06. The highest BCUT2D eigenvalue weighted by Crippen LogP contribution is 2.10. The van der Waals surface area contributed by atoms with E-state index in [9.17, 15) is 0 Å². The Kier molecular flexibility index (Phi) is 4.31. The number of imidazole rings is 1. The van der Waals surface area contributed by atoms with E-state index < -0.39 is 0 Å². The highest BCUT2D eigenvalue weighted by molar-refractivity contribution is 5.26. The fourth-order valence-electron chi connectivity index (χ4n) is 1.91.